The molecule has 1 N–H and O–H groups in total. The highest BCUT2D eigenvalue weighted by molar-refractivity contribution is 5.57. The zero-order chi connectivity index (χ0) is 8.97. The maximum Gasteiger partial charge on any atom is 0.0682 e. The maximum absolute atomic E-state index is 8.91. The molecule has 0 aliphatic heterocycles. The van der Waals surface area contributed by atoms with Crippen LogP contribution >= 0.6 is 0 Å². The lowest BCUT2D eigenvalue weighted by Crippen LogP contribution is -1.85. The molecule has 1 nitrogen and oxygen atoms in total. The molecule has 62 valence electrons. The van der Waals surface area contributed by atoms with Gasteiger partial charge < -0.3 is 5.11 Å². The largest absolute Gasteiger partial charge is 0.392 e. The van der Waals surface area contributed by atoms with Crippen LogP contribution in [-0.4, -0.2) is 5.11 Å². The van der Waals surface area contributed by atoms with Gasteiger partial charge in [0.1, 0.15) is 0 Å². The molecule has 0 aliphatic carbocycles. The molecule has 0 saturated carbocycles. The normalized spacial score (nSPS) is 9.42. The molecule has 0 heterocycles. The van der Waals surface area contributed by atoms with Crippen molar-refractivity contribution in [3.05, 3.63) is 48.0 Å². The summed E-state index contributed by atoms with van der Waals surface area (Å²) in [5.74, 6) is 0. The van der Waals surface area contributed by atoms with Crippen LogP contribution < -0.4 is 0 Å². The van der Waals surface area contributed by atoms with E-state index in [1.807, 2.05) is 18.2 Å². The Morgan fingerprint density at radius 2 is 1.58 bits per heavy atom. The van der Waals surface area contributed by atoms with Gasteiger partial charge in [0.05, 0.1) is 6.61 Å². The zero-order valence-electron chi connectivity index (χ0n) is 6.96. The van der Waals surface area contributed by atoms with Gasteiger partial charge in [-0.3, -0.25) is 0 Å². The second-order valence-corrected chi connectivity index (χ2v) is 2.57. The SMILES string of the molecule is C=Cc1cc(C=C)cc(CO)c1. The number of rotatable bonds is 3. The summed E-state index contributed by atoms with van der Waals surface area (Å²) in [7, 11) is 0. The molecule has 0 spiro atoms. The lowest BCUT2D eigenvalue weighted by molar-refractivity contribution is 0.282. The Hall–Kier alpha value is -1.34. The van der Waals surface area contributed by atoms with Crippen molar-refractivity contribution in [2.75, 3.05) is 0 Å². The summed E-state index contributed by atoms with van der Waals surface area (Å²) in [4.78, 5) is 0. The van der Waals surface area contributed by atoms with Gasteiger partial charge in [-0.15, -0.1) is 0 Å². The molecule has 0 atom stereocenters. The Balaban J connectivity index is 3.18. The Morgan fingerprint density at radius 1 is 1.08 bits per heavy atom. The van der Waals surface area contributed by atoms with Gasteiger partial charge in [0.2, 0.25) is 0 Å². The quantitative estimate of drug-likeness (QED) is 0.720. The van der Waals surface area contributed by atoms with Crippen LogP contribution in [0, 0.1) is 0 Å². The first-order valence-corrected chi connectivity index (χ1v) is 3.80. The van der Waals surface area contributed by atoms with E-state index >= 15 is 0 Å². The van der Waals surface area contributed by atoms with E-state index in [0.29, 0.717) is 0 Å². The molecule has 0 bridgehead atoms. The summed E-state index contributed by atoms with van der Waals surface area (Å²) in [5, 5.41) is 8.91. The number of hydrogen-bond donors (Lipinski definition) is 1. The van der Waals surface area contributed by atoms with Crippen molar-refractivity contribution < 1.29 is 5.11 Å². The zero-order valence-corrected chi connectivity index (χ0v) is 6.96. The summed E-state index contributed by atoms with van der Waals surface area (Å²) < 4.78 is 0. The van der Waals surface area contributed by atoms with Crippen LogP contribution in [0.4, 0.5) is 0 Å². The van der Waals surface area contributed by atoms with Crippen molar-refractivity contribution in [3.63, 3.8) is 0 Å². The van der Waals surface area contributed by atoms with Gasteiger partial charge in [-0.25, -0.2) is 0 Å². The summed E-state index contributed by atoms with van der Waals surface area (Å²) in [6.45, 7) is 7.39. The van der Waals surface area contributed by atoms with E-state index in [0.717, 1.165) is 16.7 Å². The van der Waals surface area contributed by atoms with Gasteiger partial charge >= 0.3 is 0 Å². The average Bonchev–Trinajstić information content (AvgIpc) is 2.16. The van der Waals surface area contributed by atoms with Gasteiger partial charge in [-0.05, 0) is 34.9 Å². The molecule has 0 amide bonds. The van der Waals surface area contributed by atoms with Crippen LogP contribution in [0.25, 0.3) is 12.2 Å². The third kappa shape index (κ3) is 1.83. The van der Waals surface area contributed by atoms with Crippen LogP contribution in [0.2, 0.25) is 0 Å². The highest BCUT2D eigenvalue weighted by Gasteiger charge is 1.94. The van der Waals surface area contributed by atoms with Crippen LogP contribution in [0.3, 0.4) is 0 Å². The fraction of sp³-hybridized carbons (Fsp3) is 0.0909. The second kappa shape index (κ2) is 3.88. The van der Waals surface area contributed by atoms with Crippen molar-refractivity contribution in [2.45, 2.75) is 6.61 Å². The van der Waals surface area contributed by atoms with E-state index in [-0.39, 0.29) is 6.61 Å². The average molecular weight is 160 g/mol. The highest BCUT2D eigenvalue weighted by atomic mass is 16.3. The van der Waals surface area contributed by atoms with Crippen LogP contribution in [-0.2, 0) is 6.61 Å². The fourth-order valence-corrected chi connectivity index (χ4v) is 1.07. The van der Waals surface area contributed by atoms with Gasteiger partial charge in [0.25, 0.3) is 0 Å². The maximum atomic E-state index is 8.91. The number of benzene rings is 1. The molecule has 0 fully saturated rings. The predicted molar refractivity (Wildman–Crippen MR) is 52.5 cm³/mol. The van der Waals surface area contributed by atoms with Crippen molar-refractivity contribution in [2.24, 2.45) is 0 Å². The molecule has 1 aromatic rings. The van der Waals surface area contributed by atoms with Gasteiger partial charge in [-0.1, -0.05) is 25.3 Å². The smallest absolute Gasteiger partial charge is 0.0682 e. The molecule has 0 aromatic heterocycles. The first-order chi connectivity index (χ1) is 5.80. The molecular weight excluding hydrogens is 148 g/mol. The van der Waals surface area contributed by atoms with Crippen molar-refractivity contribution in [1.82, 2.24) is 0 Å². The van der Waals surface area contributed by atoms with E-state index in [1.165, 1.54) is 0 Å². The summed E-state index contributed by atoms with van der Waals surface area (Å²) in [6.07, 6.45) is 3.51. The van der Waals surface area contributed by atoms with Crippen LogP contribution in [0.15, 0.2) is 31.4 Å². The molecule has 0 saturated heterocycles. The van der Waals surface area contributed by atoms with Crippen molar-refractivity contribution in [3.8, 4) is 0 Å². The van der Waals surface area contributed by atoms with E-state index in [1.54, 1.807) is 12.2 Å². The Kier molecular flexibility index (Phi) is 2.83. The fourth-order valence-electron chi connectivity index (χ4n) is 1.07. The summed E-state index contributed by atoms with van der Waals surface area (Å²) in [6, 6.07) is 5.78. The van der Waals surface area contributed by atoms with E-state index in [2.05, 4.69) is 13.2 Å². The molecule has 1 aromatic carbocycles. The predicted octanol–water partition coefficient (Wildman–Crippen LogP) is 2.46. The van der Waals surface area contributed by atoms with Gasteiger partial charge in [-0.2, -0.15) is 0 Å². The minimum absolute atomic E-state index is 0.0581. The minimum Gasteiger partial charge on any atom is -0.392 e. The lowest BCUT2D eigenvalue weighted by Gasteiger charge is -2.01. The molecule has 0 radical (unpaired) electrons. The number of aliphatic hydroxyl groups excluding tert-OH is 1. The molecule has 1 heteroatoms. The Bertz CT molecular complexity index is 274. The topological polar surface area (TPSA) is 20.2 Å². The third-order valence-corrected chi connectivity index (χ3v) is 1.69. The van der Waals surface area contributed by atoms with E-state index in [4.69, 9.17) is 5.11 Å². The number of aliphatic hydroxyl groups is 1. The summed E-state index contributed by atoms with van der Waals surface area (Å²) in [5.41, 5.74) is 2.91. The monoisotopic (exact) mass is 160 g/mol. The van der Waals surface area contributed by atoms with Crippen LogP contribution in [0.1, 0.15) is 16.7 Å². The third-order valence-electron chi connectivity index (χ3n) is 1.69. The second-order valence-electron chi connectivity index (χ2n) is 2.57. The summed E-state index contributed by atoms with van der Waals surface area (Å²) >= 11 is 0. The lowest BCUT2D eigenvalue weighted by atomic mass is 10.1. The standard InChI is InChI=1S/C11H12O/c1-3-9-5-10(4-2)7-11(6-9)8-12/h3-7,12H,1-2,8H2. The number of hydrogen-bond acceptors (Lipinski definition) is 1. The van der Waals surface area contributed by atoms with E-state index in [9.17, 15) is 0 Å². The molecule has 0 aliphatic rings. The minimum atomic E-state index is 0.0581. The van der Waals surface area contributed by atoms with Crippen LogP contribution in [0.5, 0.6) is 0 Å². The molecule has 1 rings (SSSR count). The highest BCUT2D eigenvalue weighted by Crippen LogP contribution is 2.12. The van der Waals surface area contributed by atoms with E-state index < -0.39 is 0 Å². The van der Waals surface area contributed by atoms with Gasteiger partial charge in [0, 0.05) is 0 Å². The van der Waals surface area contributed by atoms with Gasteiger partial charge in [0.15, 0.2) is 0 Å². The first kappa shape index (κ1) is 8.75. The molecule has 12 heavy (non-hydrogen) atoms. The first-order valence-electron chi connectivity index (χ1n) is 3.80. The Labute approximate surface area is 72.7 Å². The molecular formula is C11H12O. The Morgan fingerprint density at radius 3 is 1.92 bits per heavy atom. The van der Waals surface area contributed by atoms with Crippen molar-refractivity contribution in [1.29, 1.82) is 0 Å². The molecule has 0 unspecified atom stereocenters. The van der Waals surface area contributed by atoms with Crippen molar-refractivity contribution >= 4 is 12.2 Å².